The molecule has 0 saturated heterocycles. The fourth-order valence-electron chi connectivity index (χ4n) is 1.68. The van der Waals surface area contributed by atoms with E-state index in [0.717, 1.165) is 32.1 Å². The number of carbonyl (C=O) groups is 3. The van der Waals surface area contributed by atoms with Crippen LogP contribution in [-0.4, -0.2) is 34.1 Å². The van der Waals surface area contributed by atoms with Crippen LogP contribution >= 0.6 is 0 Å². The molecule has 0 heterocycles. The Hall–Kier alpha value is 0.410. The molecular formula is C13H23NNa2O5+2. The average molecular weight is 319 g/mol. The SMILES string of the molecule is CCCCCCCC(=O)N[C@@H](CCC(=O)O)C(=O)O.[Na+].[Na+]. The molecule has 1 amide bonds. The summed E-state index contributed by atoms with van der Waals surface area (Å²) in [6.45, 7) is 2.10. The van der Waals surface area contributed by atoms with Gasteiger partial charge >= 0.3 is 71.1 Å². The smallest absolute Gasteiger partial charge is 0.481 e. The van der Waals surface area contributed by atoms with E-state index in [2.05, 4.69) is 12.2 Å². The molecule has 0 saturated carbocycles. The Bertz CT molecular complexity index is 313. The summed E-state index contributed by atoms with van der Waals surface area (Å²) >= 11 is 0. The topological polar surface area (TPSA) is 104 Å². The van der Waals surface area contributed by atoms with Crippen molar-refractivity contribution in [3.63, 3.8) is 0 Å². The van der Waals surface area contributed by atoms with Gasteiger partial charge in [0.2, 0.25) is 5.91 Å². The number of amides is 1. The molecule has 110 valence electrons. The quantitative estimate of drug-likeness (QED) is 0.265. The van der Waals surface area contributed by atoms with Crippen LogP contribution in [0.15, 0.2) is 0 Å². The second-order valence-corrected chi connectivity index (χ2v) is 4.55. The maximum Gasteiger partial charge on any atom is 1.00 e. The van der Waals surface area contributed by atoms with Crippen LogP contribution in [0.3, 0.4) is 0 Å². The first-order valence-corrected chi connectivity index (χ1v) is 6.71. The van der Waals surface area contributed by atoms with Crippen molar-refractivity contribution in [1.82, 2.24) is 5.32 Å². The minimum atomic E-state index is -1.19. The van der Waals surface area contributed by atoms with Crippen molar-refractivity contribution in [3.8, 4) is 0 Å². The third kappa shape index (κ3) is 16.6. The van der Waals surface area contributed by atoms with E-state index in [1.807, 2.05) is 0 Å². The molecule has 21 heavy (non-hydrogen) atoms. The molecule has 8 heteroatoms. The van der Waals surface area contributed by atoms with Crippen LogP contribution < -0.4 is 64.4 Å². The van der Waals surface area contributed by atoms with Crippen LogP contribution in [-0.2, 0) is 14.4 Å². The van der Waals surface area contributed by atoms with Crippen LogP contribution in [0.1, 0.15) is 58.3 Å². The van der Waals surface area contributed by atoms with Gasteiger partial charge in [0.05, 0.1) is 0 Å². The van der Waals surface area contributed by atoms with Crippen LogP contribution in [0.4, 0.5) is 0 Å². The van der Waals surface area contributed by atoms with Gasteiger partial charge in [-0.3, -0.25) is 9.59 Å². The Kier molecular flexibility index (Phi) is 21.0. The fourth-order valence-corrected chi connectivity index (χ4v) is 1.68. The van der Waals surface area contributed by atoms with Crippen molar-refractivity contribution in [1.29, 1.82) is 0 Å². The molecule has 0 aliphatic heterocycles. The number of carboxylic acid groups (broad SMARTS) is 2. The summed E-state index contributed by atoms with van der Waals surface area (Å²) in [7, 11) is 0. The molecule has 0 rings (SSSR count). The van der Waals surface area contributed by atoms with Gasteiger partial charge in [-0.15, -0.1) is 0 Å². The number of carbonyl (C=O) groups excluding carboxylic acids is 1. The van der Waals surface area contributed by atoms with Crippen molar-refractivity contribution in [3.05, 3.63) is 0 Å². The predicted molar refractivity (Wildman–Crippen MR) is 69.8 cm³/mol. The number of rotatable bonds is 11. The van der Waals surface area contributed by atoms with E-state index in [4.69, 9.17) is 10.2 Å². The average Bonchev–Trinajstić information content (AvgIpc) is 2.33. The number of hydrogen-bond donors (Lipinski definition) is 3. The molecule has 0 aromatic rings. The van der Waals surface area contributed by atoms with Gasteiger partial charge in [0.15, 0.2) is 0 Å². The zero-order valence-corrected chi connectivity index (χ0v) is 17.4. The summed E-state index contributed by atoms with van der Waals surface area (Å²) in [6, 6.07) is -1.11. The molecule has 0 fully saturated rings. The van der Waals surface area contributed by atoms with E-state index in [1.165, 1.54) is 0 Å². The van der Waals surface area contributed by atoms with Crippen LogP contribution in [0.5, 0.6) is 0 Å². The van der Waals surface area contributed by atoms with Gasteiger partial charge < -0.3 is 15.5 Å². The molecule has 1 atom stereocenters. The Morgan fingerprint density at radius 1 is 0.952 bits per heavy atom. The van der Waals surface area contributed by atoms with Gasteiger partial charge in [-0.25, -0.2) is 4.79 Å². The molecule has 0 aliphatic rings. The second-order valence-electron chi connectivity index (χ2n) is 4.55. The van der Waals surface area contributed by atoms with Gasteiger partial charge in [-0.1, -0.05) is 32.6 Å². The van der Waals surface area contributed by atoms with E-state index in [-0.39, 0.29) is 77.9 Å². The number of hydrogen-bond acceptors (Lipinski definition) is 3. The molecule has 0 radical (unpaired) electrons. The minimum Gasteiger partial charge on any atom is -0.481 e. The van der Waals surface area contributed by atoms with Crippen molar-refractivity contribution >= 4 is 17.8 Å². The normalized spacial score (nSPS) is 10.7. The standard InChI is InChI=1S/C13H23NO5.2Na/c1-2-3-4-5-6-7-11(15)14-10(13(18)19)8-9-12(16)17;;/h10H,2-9H2,1H3,(H,14,15)(H,16,17)(H,18,19);;/q;2*+1/t10-;;/m0../s1. The van der Waals surface area contributed by atoms with Crippen molar-refractivity contribution in [2.45, 2.75) is 64.3 Å². The number of aliphatic carboxylic acids is 2. The molecule has 0 aromatic carbocycles. The largest absolute Gasteiger partial charge is 1.00 e. The maximum atomic E-state index is 11.5. The van der Waals surface area contributed by atoms with Crippen LogP contribution in [0.25, 0.3) is 0 Å². The molecule has 0 aromatic heterocycles. The zero-order valence-electron chi connectivity index (χ0n) is 13.4. The predicted octanol–water partition coefficient (Wildman–Crippen LogP) is -4.21. The van der Waals surface area contributed by atoms with Gasteiger partial charge in [0, 0.05) is 12.8 Å². The van der Waals surface area contributed by atoms with Gasteiger partial charge in [-0.2, -0.15) is 0 Å². The van der Waals surface area contributed by atoms with Gasteiger partial charge in [0.1, 0.15) is 6.04 Å². The summed E-state index contributed by atoms with van der Waals surface area (Å²) in [5, 5.41) is 19.7. The van der Waals surface area contributed by atoms with Crippen molar-refractivity contribution in [2.75, 3.05) is 0 Å². The van der Waals surface area contributed by atoms with E-state index in [9.17, 15) is 14.4 Å². The summed E-state index contributed by atoms with van der Waals surface area (Å²) in [5.74, 6) is -2.59. The van der Waals surface area contributed by atoms with Gasteiger partial charge in [0.25, 0.3) is 0 Å². The first-order valence-electron chi connectivity index (χ1n) is 6.71. The first kappa shape index (κ1) is 26.3. The van der Waals surface area contributed by atoms with Crippen LogP contribution in [0.2, 0.25) is 0 Å². The molecule has 0 unspecified atom stereocenters. The maximum absolute atomic E-state index is 11.5. The van der Waals surface area contributed by atoms with Crippen LogP contribution in [0, 0.1) is 0 Å². The number of carboxylic acids is 2. The first-order chi connectivity index (χ1) is 8.97. The van der Waals surface area contributed by atoms with E-state index >= 15 is 0 Å². The molecule has 0 bridgehead atoms. The molecule has 6 nitrogen and oxygen atoms in total. The Morgan fingerprint density at radius 2 is 1.52 bits per heavy atom. The Labute approximate surface area is 170 Å². The summed E-state index contributed by atoms with van der Waals surface area (Å²) in [4.78, 5) is 32.7. The van der Waals surface area contributed by atoms with E-state index in [1.54, 1.807) is 0 Å². The summed E-state index contributed by atoms with van der Waals surface area (Å²) < 4.78 is 0. The van der Waals surface area contributed by atoms with Gasteiger partial charge in [-0.05, 0) is 12.8 Å². The third-order valence-electron chi connectivity index (χ3n) is 2.79. The Balaban J connectivity index is -0.00000162. The minimum absolute atomic E-state index is 0. The monoisotopic (exact) mass is 319 g/mol. The molecular weight excluding hydrogens is 296 g/mol. The number of unbranched alkanes of at least 4 members (excludes halogenated alkanes) is 4. The zero-order chi connectivity index (χ0) is 14.7. The summed E-state index contributed by atoms with van der Waals surface area (Å²) in [5.41, 5.74) is 0. The van der Waals surface area contributed by atoms with Crippen molar-refractivity contribution in [2.24, 2.45) is 0 Å². The molecule has 0 spiro atoms. The number of nitrogens with one attached hydrogen (secondary N) is 1. The Morgan fingerprint density at radius 3 is 2.00 bits per heavy atom. The third-order valence-corrected chi connectivity index (χ3v) is 2.79. The fraction of sp³-hybridized carbons (Fsp3) is 0.769. The van der Waals surface area contributed by atoms with E-state index < -0.39 is 18.0 Å². The summed E-state index contributed by atoms with van der Waals surface area (Å²) in [6.07, 6.45) is 4.96. The van der Waals surface area contributed by atoms with E-state index in [0.29, 0.717) is 6.42 Å². The molecule has 3 N–H and O–H groups in total. The second kappa shape index (κ2) is 16.8. The molecule has 0 aliphatic carbocycles. The van der Waals surface area contributed by atoms with Crippen molar-refractivity contribution < 1.29 is 83.7 Å².